The van der Waals surface area contributed by atoms with Crippen LogP contribution in [-0.2, 0) is 11.2 Å². The lowest BCUT2D eigenvalue weighted by Crippen LogP contribution is -2.27. The fourth-order valence-corrected chi connectivity index (χ4v) is 3.84. The summed E-state index contributed by atoms with van der Waals surface area (Å²) in [4.78, 5) is 25.2. The summed E-state index contributed by atoms with van der Waals surface area (Å²) in [7, 11) is 0. The molecule has 2 heterocycles. The topological polar surface area (TPSA) is 90.5 Å². The molecule has 2 aromatic heterocycles. The highest BCUT2D eigenvalue weighted by molar-refractivity contribution is 5.75. The molecule has 1 N–H and O–H groups in total. The summed E-state index contributed by atoms with van der Waals surface area (Å²) in [6, 6.07) is 17.4. The van der Waals surface area contributed by atoms with Crippen molar-refractivity contribution in [2.24, 2.45) is 0 Å². The highest BCUT2D eigenvalue weighted by Crippen LogP contribution is 2.15. The number of carbonyl (C=O) groups is 1. The highest BCUT2D eigenvalue weighted by atomic mass is 16.5. The van der Waals surface area contributed by atoms with E-state index in [1.807, 2.05) is 49.4 Å². The third-order valence-corrected chi connectivity index (χ3v) is 5.75. The number of carbonyl (C=O) groups excluding carboxylic acids is 1. The van der Waals surface area contributed by atoms with Gasteiger partial charge in [-0.3, -0.25) is 18.6 Å². The first-order chi connectivity index (χ1) is 16.6. The van der Waals surface area contributed by atoms with E-state index in [-0.39, 0.29) is 23.0 Å². The number of nitrogens with zero attached hydrogens (tertiary/aromatic N) is 4. The highest BCUT2D eigenvalue weighted by Gasteiger charge is 2.13. The van der Waals surface area contributed by atoms with E-state index in [1.165, 1.54) is 10.1 Å². The van der Waals surface area contributed by atoms with Gasteiger partial charge in [0.05, 0.1) is 6.61 Å². The molecule has 0 aliphatic carbocycles. The zero-order valence-corrected chi connectivity index (χ0v) is 19.5. The Labute approximate surface area is 198 Å². The number of aromatic nitrogens is 4. The van der Waals surface area contributed by atoms with E-state index in [1.54, 1.807) is 16.8 Å². The van der Waals surface area contributed by atoms with Crippen LogP contribution in [0.2, 0.25) is 0 Å². The Morgan fingerprint density at radius 2 is 1.82 bits per heavy atom. The van der Waals surface area contributed by atoms with Crippen molar-refractivity contribution in [1.82, 2.24) is 24.5 Å². The van der Waals surface area contributed by atoms with E-state index in [4.69, 9.17) is 4.74 Å². The number of benzene rings is 2. The Kier molecular flexibility index (Phi) is 7.37. The number of hydrogen-bond donors (Lipinski definition) is 1. The smallest absolute Gasteiger partial charge is 0.300 e. The van der Waals surface area contributed by atoms with Crippen LogP contribution in [0.3, 0.4) is 0 Å². The van der Waals surface area contributed by atoms with E-state index in [9.17, 15) is 9.59 Å². The molecule has 34 heavy (non-hydrogen) atoms. The molecule has 1 unspecified atom stereocenters. The predicted molar refractivity (Wildman–Crippen MR) is 131 cm³/mol. The van der Waals surface area contributed by atoms with Gasteiger partial charge in [-0.15, -0.1) is 10.2 Å². The van der Waals surface area contributed by atoms with Gasteiger partial charge in [0.25, 0.3) is 0 Å². The average Bonchev–Trinajstić information content (AvgIpc) is 3.28. The number of aryl methyl sites for hydroxylation is 1. The second kappa shape index (κ2) is 10.8. The largest absolute Gasteiger partial charge is 0.494 e. The molecule has 0 aliphatic rings. The van der Waals surface area contributed by atoms with Crippen LogP contribution in [0.15, 0.2) is 71.8 Å². The zero-order chi connectivity index (χ0) is 23.9. The Morgan fingerprint density at radius 3 is 2.56 bits per heavy atom. The molecule has 0 spiro atoms. The van der Waals surface area contributed by atoms with Crippen LogP contribution in [-0.4, -0.2) is 38.2 Å². The van der Waals surface area contributed by atoms with Crippen molar-refractivity contribution in [3.05, 3.63) is 88.7 Å². The summed E-state index contributed by atoms with van der Waals surface area (Å²) in [5.41, 5.74) is 1.93. The summed E-state index contributed by atoms with van der Waals surface area (Å²) in [5.74, 6) is 1.68. The number of amides is 1. The quantitative estimate of drug-likeness (QED) is 0.392. The number of fused-ring (bicyclic) bond motifs is 1. The van der Waals surface area contributed by atoms with Gasteiger partial charge in [-0.1, -0.05) is 37.3 Å². The molecular formula is C26H29N5O3. The van der Waals surface area contributed by atoms with E-state index in [0.717, 1.165) is 11.4 Å². The molecular weight excluding hydrogens is 430 g/mol. The monoisotopic (exact) mass is 459 g/mol. The number of hydrogen-bond acceptors (Lipinski definition) is 5. The third kappa shape index (κ3) is 5.33. The molecule has 0 aliphatic heterocycles. The Hall–Kier alpha value is -3.94. The molecule has 0 saturated carbocycles. The maximum absolute atomic E-state index is 12.9. The van der Waals surface area contributed by atoms with Crippen LogP contribution >= 0.6 is 0 Å². The van der Waals surface area contributed by atoms with Crippen molar-refractivity contribution in [3.63, 3.8) is 0 Å². The lowest BCUT2D eigenvalue weighted by Gasteiger charge is -2.13. The maximum atomic E-state index is 12.9. The third-order valence-electron chi connectivity index (χ3n) is 5.75. The van der Waals surface area contributed by atoms with Crippen LogP contribution in [0.25, 0.3) is 11.3 Å². The molecule has 8 heteroatoms. The van der Waals surface area contributed by atoms with Gasteiger partial charge in [0.2, 0.25) is 11.6 Å². The average molecular weight is 460 g/mol. The van der Waals surface area contributed by atoms with Crippen molar-refractivity contribution in [3.8, 4) is 11.4 Å². The minimum absolute atomic E-state index is 0.00876. The Morgan fingerprint density at radius 1 is 1.06 bits per heavy atom. The van der Waals surface area contributed by atoms with E-state index in [0.29, 0.717) is 38.2 Å². The lowest BCUT2D eigenvalue weighted by molar-refractivity contribution is -0.121. The van der Waals surface area contributed by atoms with E-state index < -0.39 is 0 Å². The standard InChI is InChI=1S/C26H29N5O3/c1-3-34-22-14-12-21(13-15-22)30-16-17-31-23(28-29-25(31)26(30)33)10-7-11-24(32)27-18-19(2)20-8-5-4-6-9-20/h4-6,8-9,12-17,19H,3,7,10-11,18H2,1-2H3,(H,27,32). The van der Waals surface area contributed by atoms with Crippen LogP contribution in [0, 0.1) is 0 Å². The van der Waals surface area contributed by atoms with Crippen molar-refractivity contribution in [1.29, 1.82) is 0 Å². The second-order valence-electron chi connectivity index (χ2n) is 8.18. The number of nitrogens with one attached hydrogen (secondary N) is 1. The minimum atomic E-state index is -0.252. The van der Waals surface area contributed by atoms with Gasteiger partial charge in [0.1, 0.15) is 11.6 Å². The normalized spacial score (nSPS) is 11.9. The van der Waals surface area contributed by atoms with Crippen LogP contribution in [0.1, 0.15) is 44.0 Å². The summed E-state index contributed by atoms with van der Waals surface area (Å²) in [6.07, 6.45) is 5.04. The Bertz CT molecular complexity index is 1300. The minimum Gasteiger partial charge on any atom is -0.494 e. The number of rotatable bonds is 10. The SMILES string of the molecule is CCOc1ccc(-n2ccn3c(CCCC(=O)NCC(C)c4ccccc4)nnc3c2=O)cc1. The van der Waals surface area contributed by atoms with Gasteiger partial charge >= 0.3 is 5.56 Å². The molecule has 2 aromatic carbocycles. The first-order valence-corrected chi connectivity index (χ1v) is 11.6. The van der Waals surface area contributed by atoms with Gasteiger partial charge in [-0.2, -0.15) is 0 Å². The first kappa shape index (κ1) is 23.2. The van der Waals surface area contributed by atoms with Crippen molar-refractivity contribution >= 4 is 11.6 Å². The molecule has 0 bridgehead atoms. The summed E-state index contributed by atoms with van der Waals surface area (Å²) < 4.78 is 8.69. The van der Waals surface area contributed by atoms with Crippen LogP contribution in [0.5, 0.6) is 5.75 Å². The maximum Gasteiger partial charge on any atom is 0.300 e. The van der Waals surface area contributed by atoms with E-state index >= 15 is 0 Å². The number of ether oxygens (including phenoxy) is 1. The molecule has 4 aromatic rings. The summed E-state index contributed by atoms with van der Waals surface area (Å²) >= 11 is 0. The Balaban J connectivity index is 1.34. The second-order valence-corrected chi connectivity index (χ2v) is 8.18. The van der Waals surface area contributed by atoms with Gasteiger partial charge in [-0.05, 0) is 49.1 Å². The fraction of sp³-hybridized carbons (Fsp3) is 0.308. The molecule has 0 fully saturated rings. The fourth-order valence-electron chi connectivity index (χ4n) is 3.84. The lowest BCUT2D eigenvalue weighted by atomic mass is 10.0. The van der Waals surface area contributed by atoms with Crippen LogP contribution in [0.4, 0.5) is 0 Å². The molecule has 0 radical (unpaired) electrons. The molecule has 8 nitrogen and oxygen atoms in total. The van der Waals surface area contributed by atoms with Gasteiger partial charge in [0, 0.05) is 37.5 Å². The van der Waals surface area contributed by atoms with Crippen molar-refractivity contribution in [2.75, 3.05) is 13.2 Å². The summed E-state index contributed by atoms with van der Waals surface area (Å²) in [5, 5.41) is 11.3. The van der Waals surface area contributed by atoms with Crippen LogP contribution < -0.4 is 15.6 Å². The summed E-state index contributed by atoms with van der Waals surface area (Å²) in [6.45, 7) is 5.20. The van der Waals surface area contributed by atoms with Gasteiger partial charge in [0.15, 0.2) is 0 Å². The predicted octanol–water partition coefficient (Wildman–Crippen LogP) is 3.52. The van der Waals surface area contributed by atoms with Crippen molar-refractivity contribution < 1.29 is 9.53 Å². The van der Waals surface area contributed by atoms with E-state index in [2.05, 4.69) is 34.6 Å². The molecule has 1 atom stereocenters. The molecule has 4 rings (SSSR count). The molecule has 176 valence electrons. The van der Waals surface area contributed by atoms with Gasteiger partial charge < -0.3 is 10.1 Å². The molecule has 0 saturated heterocycles. The first-order valence-electron chi connectivity index (χ1n) is 11.6. The van der Waals surface area contributed by atoms with Crippen molar-refractivity contribution in [2.45, 2.75) is 39.0 Å². The zero-order valence-electron chi connectivity index (χ0n) is 19.5. The molecule has 1 amide bonds. The van der Waals surface area contributed by atoms with Gasteiger partial charge in [-0.25, -0.2) is 0 Å².